The average molecular weight is 305 g/mol. The summed E-state index contributed by atoms with van der Waals surface area (Å²) in [5, 5.41) is 3.91. The molecule has 2 aromatic heterocycles. The molecule has 0 atom stereocenters. The summed E-state index contributed by atoms with van der Waals surface area (Å²) in [6.07, 6.45) is 2.80. The second kappa shape index (κ2) is 5.71. The number of aromatic nitrogens is 6. The maximum Gasteiger partial charge on any atom is 0.328 e. The van der Waals surface area contributed by atoms with E-state index in [0.29, 0.717) is 11.5 Å². The standard InChI is InChI=1S/C12H9ClN6O2/c1-20-8-4-2-3-5-9(8)21-12-17-10(13)16-11(18-12)19-7-14-6-15-19/h2-7H,1H3. The van der Waals surface area contributed by atoms with Crippen molar-refractivity contribution < 1.29 is 9.47 Å². The smallest absolute Gasteiger partial charge is 0.328 e. The normalized spacial score (nSPS) is 10.4. The first-order valence-corrected chi connectivity index (χ1v) is 6.21. The summed E-state index contributed by atoms with van der Waals surface area (Å²) in [5.74, 6) is 1.22. The molecule has 0 spiro atoms. The highest BCUT2D eigenvalue weighted by Gasteiger charge is 2.11. The molecule has 0 saturated carbocycles. The number of halogens is 1. The highest BCUT2D eigenvalue weighted by molar-refractivity contribution is 6.28. The molecule has 0 amide bonds. The van der Waals surface area contributed by atoms with Crippen LogP contribution in [0.15, 0.2) is 36.9 Å². The minimum Gasteiger partial charge on any atom is -0.493 e. The molecule has 106 valence electrons. The minimum absolute atomic E-state index is 0.0135. The Morgan fingerprint density at radius 1 is 1.10 bits per heavy atom. The van der Waals surface area contributed by atoms with Crippen LogP contribution in [0.3, 0.4) is 0 Å². The molecular formula is C12H9ClN6O2. The van der Waals surface area contributed by atoms with Gasteiger partial charge in [0.15, 0.2) is 11.5 Å². The monoisotopic (exact) mass is 304 g/mol. The van der Waals surface area contributed by atoms with Gasteiger partial charge in [0, 0.05) is 0 Å². The molecule has 0 unspecified atom stereocenters. The second-order valence-corrected chi connectivity index (χ2v) is 4.12. The molecule has 0 fully saturated rings. The van der Waals surface area contributed by atoms with Crippen LogP contribution in [0.5, 0.6) is 17.5 Å². The molecule has 3 rings (SSSR count). The number of nitrogens with zero attached hydrogens (tertiary/aromatic N) is 6. The molecule has 9 heteroatoms. The van der Waals surface area contributed by atoms with Crippen LogP contribution in [0.4, 0.5) is 0 Å². The maximum atomic E-state index is 5.87. The molecule has 21 heavy (non-hydrogen) atoms. The van der Waals surface area contributed by atoms with Crippen molar-refractivity contribution in [2.75, 3.05) is 7.11 Å². The number of benzene rings is 1. The van der Waals surface area contributed by atoms with E-state index in [1.807, 2.05) is 6.07 Å². The highest BCUT2D eigenvalue weighted by Crippen LogP contribution is 2.29. The lowest BCUT2D eigenvalue weighted by molar-refractivity contribution is 0.367. The quantitative estimate of drug-likeness (QED) is 0.727. The van der Waals surface area contributed by atoms with Crippen molar-refractivity contribution >= 4 is 11.6 Å². The van der Waals surface area contributed by atoms with Crippen molar-refractivity contribution in [3.8, 4) is 23.5 Å². The van der Waals surface area contributed by atoms with E-state index in [9.17, 15) is 0 Å². The third-order valence-corrected chi connectivity index (χ3v) is 2.64. The molecule has 3 aromatic rings. The zero-order valence-corrected chi connectivity index (χ0v) is 11.6. The molecule has 2 heterocycles. The van der Waals surface area contributed by atoms with E-state index in [2.05, 4.69) is 25.0 Å². The van der Waals surface area contributed by atoms with E-state index >= 15 is 0 Å². The first-order chi connectivity index (χ1) is 10.3. The van der Waals surface area contributed by atoms with Gasteiger partial charge in [-0.05, 0) is 23.7 Å². The Morgan fingerprint density at radius 3 is 2.62 bits per heavy atom. The Labute approximate surface area is 124 Å². The van der Waals surface area contributed by atoms with Crippen molar-refractivity contribution in [1.82, 2.24) is 29.7 Å². The first-order valence-electron chi connectivity index (χ1n) is 5.83. The predicted octanol–water partition coefficient (Wildman–Crippen LogP) is 1.91. The van der Waals surface area contributed by atoms with E-state index in [0.717, 1.165) is 0 Å². The fourth-order valence-electron chi connectivity index (χ4n) is 1.58. The van der Waals surface area contributed by atoms with Gasteiger partial charge >= 0.3 is 6.01 Å². The lowest BCUT2D eigenvalue weighted by atomic mass is 10.3. The van der Waals surface area contributed by atoms with Crippen LogP contribution in [0.25, 0.3) is 5.95 Å². The van der Waals surface area contributed by atoms with Gasteiger partial charge in [0.25, 0.3) is 5.95 Å². The average Bonchev–Trinajstić information content (AvgIpc) is 3.01. The zero-order chi connectivity index (χ0) is 14.7. The fourth-order valence-corrected chi connectivity index (χ4v) is 1.73. The molecule has 0 aliphatic carbocycles. The Morgan fingerprint density at radius 2 is 1.90 bits per heavy atom. The maximum absolute atomic E-state index is 5.87. The number of para-hydroxylation sites is 2. The summed E-state index contributed by atoms with van der Waals surface area (Å²) >= 11 is 5.87. The third-order valence-electron chi connectivity index (χ3n) is 2.47. The van der Waals surface area contributed by atoms with E-state index in [4.69, 9.17) is 21.1 Å². The molecule has 0 aliphatic heterocycles. The fraction of sp³-hybridized carbons (Fsp3) is 0.0833. The Kier molecular flexibility index (Phi) is 3.61. The van der Waals surface area contributed by atoms with Gasteiger partial charge in [0.2, 0.25) is 5.28 Å². The minimum atomic E-state index is -0.0135. The van der Waals surface area contributed by atoms with Crippen LogP contribution in [0.2, 0.25) is 5.28 Å². The Balaban J connectivity index is 1.96. The molecule has 0 N–H and O–H groups in total. The number of methoxy groups -OCH3 is 1. The lowest BCUT2D eigenvalue weighted by Crippen LogP contribution is -2.05. The van der Waals surface area contributed by atoms with Crippen LogP contribution in [0.1, 0.15) is 0 Å². The molecule has 0 radical (unpaired) electrons. The lowest BCUT2D eigenvalue weighted by Gasteiger charge is -2.09. The number of rotatable bonds is 4. The Bertz CT molecular complexity index is 749. The third kappa shape index (κ3) is 2.90. The molecular weight excluding hydrogens is 296 g/mol. The van der Waals surface area contributed by atoms with Gasteiger partial charge in [-0.3, -0.25) is 0 Å². The van der Waals surface area contributed by atoms with E-state index in [1.54, 1.807) is 25.3 Å². The summed E-state index contributed by atoms with van der Waals surface area (Å²) in [6, 6.07) is 7.15. The molecule has 8 nitrogen and oxygen atoms in total. The van der Waals surface area contributed by atoms with E-state index in [1.165, 1.54) is 17.3 Å². The molecule has 0 bridgehead atoms. The highest BCUT2D eigenvalue weighted by atomic mass is 35.5. The van der Waals surface area contributed by atoms with Crippen LogP contribution in [-0.4, -0.2) is 36.8 Å². The summed E-state index contributed by atoms with van der Waals surface area (Å²) < 4.78 is 12.1. The largest absolute Gasteiger partial charge is 0.493 e. The van der Waals surface area contributed by atoms with Crippen molar-refractivity contribution in [2.24, 2.45) is 0 Å². The molecule has 1 aromatic carbocycles. The van der Waals surface area contributed by atoms with E-state index in [-0.39, 0.29) is 17.2 Å². The zero-order valence-electron chi connectivity index (χ0n) is 10.8. The van der Waals surface area contributed by atoms with Crippen molar-refractivity contribution in [1.29, 1.82) is 0 Å². The van der Waals surface area contributed by atoms with Gasteiger partial charge in [-0.1, -0.05) is 12.1 Å². The number of hydrogen-bond donors (Lipinski definition) is 0. The summed E-state index contributed by atoms with van der Waals surface area (Å²) in [4.78, 5) is 15.8. The van der Waals surface area contributed by atoms with Crippen LogP contribution in [0, 0.1) is 0 Å². The van der Waals surface area contributed by atoms with Crippen LogP contribution >= 0.6 is 11.6 Å². The van der Waals surface area contributed by atoms with Gasteiger partial charge in [-0.25, -0.2) is 4.98 Å². The van der Waals surface area contributed by atoms with Gasteiger partial charge in [0.05, 0.1) is 7.11 Å². The van der Waals surface area contributed by atoms with Gasteiger partial charge in [-0.2, -0.15) is 24.7 Å². The SMILES string of the molecule is COc1ccccc1Oc1nc(Cl)nc(-n2cncn2)n1. The van der Waals surface area contributed by atoms with Crippen molar-refractivity contribution in [3.63, 3.8) is 0 Å². The van der Waals surface area contributed by atoms with Crippen LogP contribution in [-0.2, 0) is 0 Å². The first kappa shape index (κ1) is 13.3. The topological polar surface area (TPSA) is 87.8 Å². The summed E-state index contributed by atoms with van der Waals surface area (Å²) in [7, 11) is 1.55. The van der Waals surface area contributed by atoms with Crippen molar-refractivity contribution in [2.45, 2.75) is 0 Å². The second-order valence-electron chi connectivity index (χ2n) is 3.78. The summed E-state index contributed by atoms with van der Waals surface area (Å²) in [6.45, 7) is 0. The molecule has 0 saturated heterocycles. The molecule has 0 aliphatic rings. The number of hydrogen-bond acceptors (Lipinski definition) is 7. The predicted molar refractivity (Wildman–Crippen MR) is 72.8 cm³/mol. The van der Waals surface area contributed by atoms with Crippen molar-refractivity contribution in [3.05, 3.63) is 42.2 Å². The van der Waals surface area contributed by atoms with Crippen LogP contribution < -0.4 is 9.47 Å². The Hall–Kier alpha value is -2.74. The summed E-state index contributed by atoms with van der Waals surface area (Å²) in [5.41, 5.74) is 0. The van der Waals surface area contributed by atoms with Gasteiger partial charge < -0.3 is 9.47 Å². The van der Waals surface area contributed by atoms with Gasteiger partial charge in [-0.15, -0.1) is 0 Å². The van der Waals surface area contributed by atoms with Gasteiger partial charge in [0.1, 0.15) is 12.7 Å². The number of ether oxygens (including phenoxy) is 2. The van der Waals surface area contributed by atoms with E-state index < -0.39 is 0 Å².